The number of sulfonamides is 1. The van der Waals surface area contributed by atoms with E-state index in [0.717, 1.165) is 6.42 Å². The van der Waals surface area contributed by atoms with Crippen LogP contribution in [0.15, 0.2) is 34.5 Å². The molecule has 1 aromatic carbocycles. The van der Waals surface area contributed by atoms with Crippen molar-refractivity contribution in [3.63, 3.8) is 0 Å². The summed E-state index contributed by atoms with van der Waals surface area (Å²) < 4.78 is 30.2. The molecule has 1 aromatic heterocycles. The Balaban J connectivity index is 1.37. The van der Waals surface area contributed by atoms with Gasteiger partial charge in [0.2, 0.25) is 5.91 Å². The number of nitrogens with zero attached hydrogens (tertiary/aromatic N) is 3. The molecule has 2 aromatic rings. The van der Waals surface area contributed by atoms with Gasteiger partial charge in [0.05, 0.1) is 18.1 Å². The fourth-order valence-corrected chi connectivity index (χ4v) is 4.93. The van der Waals surface area contributed by atoms with Gasteiger partial charge in [0.25, 0.3) is 15.9 Å². The van der Waals surface area contributed by atoms with E-state index in [4.69, 9.17) is 4.74 Å². The summed E-state index contributed by atoms with van der Waals surface area (Å²) in [5.41, 5.74) is 2.97. The van der Waals surface area contributed by atoms with Crippen LogP contribution < -0.4 is 20.1 Å². The van der Waals surface area contributed by atoms with Crippen LogP contribution in [0, 0.1) is 0 Å². The molecule has 160 valence electrons. The van der Waals surface area contributed by atoms with Crippen molar-refractivity contribution in [3.05, 3.63) is 35.3 Å². The Bertz CT molecular complexity index is 1030. The molecule has 2 aliphatic rings. The number of hydrogen-bond acceptors (Lipinski definition) is 8. The molecule has 0 saturated carbocycles. The van der Waals surface area contributed by atoms with Crippen molar-refractivity contribution in [2.75, 3.05) is 42.6 Å². The molecule has 12 heteroatoms. The first-order chi connectivity index (χ1) is 14.4. The molecule has 0 spiro atoms. The first-order valence-electron chi connectivity index (χ1n) is 9.45. The van der Waals surface area contributed by atoms with Crippen LogP contribution in [-0.4, -0.2) is 58.1 Å². The van der Waals surface area contributed by atoms with E-state index in [1.54, 1.807) is 22.4 Å². The SMILES string of the molecule is O=C(NNS(=O)(=O)c1ccc(N2CCCC2=O)cc1)c1csc(N2CCOCC2)n1. The van der Waals surface area contributed by atoms with Crippen LogP contribution in [0.4, 0.5) is 10.8 Å². The molecule has 0 unspecified atom stereocenters. The number of hydrazine groups is 1. The van der Waals surface area contributed by atoms with Gasteiger partial charge in [0.15, 0.2) is 5.13 Å². The fourth-order valence-electron chi connectivity index (χ4n) is 3.23. The zero-order valence-electron chi connectivity index (χ0n) is 16.0. The number of hydrogen-bond donors (Lipinski definition) is 2. The lowest BCUT2D eigenvalue weighted by Crippen LogP contribution is -2.41. The molecule has 4 rings (SSSR count). The highest BCUT2D eigenvalue weighted by molar-refractivity contribution is 7.89. The summed E-state index contributed by atoms with van der Waals surface area (Å²) in [6.45, 7) is 3.22. The van der Waals surface area contributed by atoms with Crippen molar-refractivity contribution in [2.45, 2.75) is 17.7 Å². The van der Waals surface area contributed by atoms with E-state index in [1.807, 2.05) is 4.90 Å². The van der Waals surface area contributed by atoms with Crippen LogP contribution in [0.3, 0.4) is 0 Å². The van der Waals surface area contributed by atoms with E-state index in [-0.39, 0.29) is 16.5 Å². The second kappa shape index (κ2) is 8.68. The van der Waals surface area contributed by atoms with E-state index < -0.39 is 15.9 Å². The molecule has 0 aliphatic carbocycles. The zero-order valence-corrected chi connectivity index (χ0v) is 17.7. The third-order valence-corrected chi connectivity index (χ3v) is 7.00. The van der Waals surface area contributed by atoms with Crippen molar-refractivity contribution in [2.24, 2.45) is 0 Å². The fraction of sp³-hybridized carbons (Fsp3) is 0.389. The molecule has 2 fully saturated rings. The number of morpholine rings is 1. The highest BCUT2D eigenvalue weighted by Gasteiger charge is 2.23. The number of amides is 2. The van der Waals surface area contributed by atoms with Gasteiger partial charge in [0.1, 0.15) is 5.69 Å². The monoisotopic (exact) mass is 451 g/mol. The van der Waals surface area contributed by atoms with E-state index in [0.29, 0.717) is 50.1 Å². The van der Waals surface area contributed by atoms with Crippen LogP contribution in [0.1, 0.15) is 23.3 Å². The summed E-state index contributed by atoms with van der Waals surface area (Å²) in [5.74, 6) is -0.621. The molecule has 2 saturated heterocycles. The third kappa shape index (κ3) is 4.46. The maximum absolute atomic E-state index is 12.5. The van der Waals surface area contributed by atoms with Crippen LogP contribution in [0.5, 0.6) is 0 Å². The minimum atomic E-state index is -3.97. The second-order valence-corrected chi connectivity index (χ2v) is 9.34. The third-order valence-electron chi connectivity index (χ3n) is 4.84. The lowest BCUT2D eigenvalue weighted by atomic mass is 10.3. The standard InChI is InChI=1S/C18H21N5O5S2/c24-16-2-1-7-23(16)13-3-5-14(6-4-13)30(26,27)21-20-17(25)15-12-29-18(19-15)22-8-10-28-11-9-22/h3-6,12,21H,1-2,7-11H2,(H,20,25). The molecule has 0 bridgehead atoms. The molecule has 0 atom stereocenters. The maximum Gasteiger partial charge on any atom is 0.285 e. The molecule has 0 radical (unpaired) electrons. The largest absolute Gasteiger partial charge is 0.378 e. The minimum Gasteiger partial charge on any atom is -0.378 e. The average Bonchev–Trinajstić information content (AvgIpc) is 3.42. The van der Waals surface area contributed by atoms with E-state index >= 15 is 0 Å². The summed E-state index contributed by atoms with van der Waals surface area (Å²) in [7, 11) is -3.97. The van der Waals surface area contributed by atoms with Crippen LogP contribution in [0.25, 0.3) is 0 Å². The minimum absolute atomic E-state index is 0.0227. The van der Waals surface area contributed by atoms with Crippen molar-refractivity contribution in [3.8, 4) is 0 Å². The number of carbonyl (C=O) groups is 2. The molecular formula is C18H21N5O5S2. The van der Waals surface area contributed by atoms with E-state index in [1.165, 1.54) is 23.5 Å². The normalized spacial score (nSPS) is 17.4. The Morgan fingerprint density at radius 1 is 1.13 bits per heavy atom. The molecule has 30 heavy (non-hydrogen) atoms. The second-order valence-electron chi connectivity index (χ2n) is 6.82. The average molecular weight is 452 g/mol. The topological polar surface area (TPSA) is 121 Å². The van der Waals surface area contributed by atoms with Gasteiger partial charge >= 0.3 is 0 Å². The van der Waals surface area contributed by atoms with Gasteiger partial charge in [-0.1, -0.05) is 0 Å². The van der Waals surface area contributed by atoms with E-state index in [2.05, 4.69) is 15.2 Å². The summed E-state index contributed by atoms with van der Waals surface area (Å²) in [5, 5.41) is 2.27. The quantitative estimate of drug-likeness (QED) is 0.621. The maximum atomic E-state index is 12.5. The molecule has 2 amide bonds. The Labute approximate surface area is 177 Å². The van der Waals surface area contributed by atoms with Crippen LogP contribution in [0.2, 0.25) is 0 Å². The Kier molecular flexibility index (Phi) is 5.99. The van der Waals surface area contributed by atoms with Crippen molar-refractivity contribution in [1.29, 1.82) is 0 Å². The highest BCUT2D eigenvalue weighted by atomic mass is 32.2. The number of nitrogens with one attached hydrogen (secondary N) is 2. The Hall–Kier alpha value is -2.54. The lowest BCUT2D eigenvalue weighted by Gasteiger charge is -2.25. The lowest BCUT2D eigenvalue weighted by molar-refractivity contribution is -0.117. The van der Waals surface area contributed by atoms with Gasteiger partial charge in [-0.05, 0) is 30.7 Å². The number of thiazole rings is 1. The van der Waals surface area contributed by atoms with Crippen LogP contribution in [-0.2, 0) is 19.6 Å². The zero-order chi connectivity index (χ0) is 21.1. The number of ether oxygens (including phenoxy) is 1. The molecule has 10 nitrogen and oxygen atoms in total. The number of aromatic nitrogens is 1. The summed E-state index contributed by atoms with van der Waals surface area (Å²) in [6, 6.07) is 5.95. The van der Waals surface area contributed by atoms with Crippen molar-refractivity contribution >= 4 is 44.0 Å². The first kappa shape index (κ1) is 20.7. The molecule has 2 N–H and O–H groups in total. The summed E-state index contributed by atoms with van der Waals surface area (Å²) >= 11 is 1.32. The Morgan fingerprint density at radius 3 is 2.53 bits per heavy atom. The smallest absolute Gasteiger partial charge is 0.285 e. The van der Waals surface area contributed by atoms with Gasteiger partial charge in [-0.3, -0.25) is 15.0 Å². The first-order valence-corrected chi connectivity index (χ1v) is 11.8. The van der Waals surface area contributed by atoms with Crippen molar-refractivity contribution in [1.82, 2.24) is 15.2 Å². The van der Waals surface area contributed by atoms with Gasteiger partial charge in [-0.15, -0.1) is 16.2 Å². The summed E-state index contributed by atoms with van der Waals surface area (Å²) in [6.07, 6.45) is 1.29. The Morgan fingerprint density at radius 2 is 1.87 bits per heavy atom. The van der Waals surface area contributed by atoms with Gasteiger partial charge in [-0.25, -0.2) is 13.4 Å². The van der Waals surface area contributed by atoms with Crippen molar-refractivity contribution < 1.29 is 22.7 Å². The number of benzene rings is 1. The van der Waals surface area contributed by atoms with Gasteiger partial charge in [-0.2, -0.15) is 0 Å². The van der Waals surface area contributed by atoms with Crippen LogP contribution >= 0.6 is 11.3 Å². The number of carbonyl (C=O) groups excluding carboxylic acids is 2. The predicted molar refractivity (Wildman–Crippen MR) is 111 cm³/mol. The van der Waals surface area contributed by atoms with Gasteiger partial charge in [0, 0.05) is 37.1 Å². The van der Waals surface area contributed by atoms with Gasteiger partial charge < -0.3 is 14.5 Å². The summed E-state index contributed by atoms with van der Waals surface area (Å²) in [4.78, 5) is 34.1. The predicted octanol–water partition coefficient (Wildman–Crippen LogP) is 0.730. The number of anilines is 2. The highest BCUT2D eigenvalue weighted by Crippen LogP contribution is 2.23. The van der Waals surface area contributed by atoms with E-state index in [9.17, 15) is 18.0 Å². The molecule has 2 aliphatic heterocycles. The molecule has 3 heterocycles. The molecular weight excluding hydrogens is 430 g/mol. The number of rotatable bonds is 6.